The maximum Gasteiger partial charge on any atom is 0.272 e. The molecule has 8 heteroatoms. The van der Waals surface area contributed by atoms with Gasteiger partial charge in [0.2, 0.25) is 0 Å². The van der Waals surface area contributed by atoms with Gasteiger partial charge in [-0.2, -0.15) is 5.10 Å². The van der Waals surface area contributed by atoms with Gasteiger partial charge < -0.3 is 14.8 Å². The summed E-state index contributed by atoms with van der Waals surface area (Å²) in [6.45, 7) is 2.44. The lowest BCUT2D eigenvalue weighted by molar-refractivity contribution is 0.0945. The highest BCUT2D eigenvalue weighted by molar-refractivity contribution is 6.32. The molecule has 0 saturated heterocycles. The van der Waals surface area contributed by atoms with Crippen LogP contribution < -0.4 is 14.8 Å². The maximum atomic E-state index is 12.2. The lowest BCUT2D eigenvalue weighted by atomic mass is 10.3. The molecule has 2 aromatic heterocycles. The molecular weight excluding hydrogens is 368 g/mol. The number of carbonyl (C=O) groups is 1. The van der Waals surface area contributed by atoms with E-state index in [2.05, 4.69) is 20.5 Å². The molecule has 2 N–H and O–H groups in total. The van der Waals surface area contributed by atoms with Gasteiger partial charge in [0.1, 0.15) is 23.8 Å². The molecule has 1 amide bonds. The number of rotatable bonds is 7. The Morgan fingerprint density at radius 3 is 2.85 bits per heavy atom. The lowest BCUT2D eigenvalue weighted by Gasteiger charge is -2.08. The fraction of sp³-hybridized carbons (Fsp3) is 0.211. The van der Waals surface area contributed by atoms with Gasteiger partial charge >= 0.3 is 0 Å². The summed E-state index contributed by atoms with van der Waals surface area (Å²) in [4.78, 5) is 16.6. The molecule has 0 aliphatic carbocycles. The number of halogens is 1. The van der Waals surface area contributed by atoms with Crippen molar-refractivity contribution < 1.29 is 14.3 Å². The number of amides is 1. The molecular formula is C19H19ClN4O3. The number of benzene rings is 1. The van der Waals surface area contributed by atoms with Gasteiger partial charge in [0, 0.05) is 11.8 Å². The first kappa shape index (κ1) is 18.7. The summed E-state index contributed by atoms with van der Waals surface area (Å²) in [5.74, 6) is 0.878. The van der Waals surface area contributed by atoms with E-state index in [9.17, 15) is 4.79 Å². The van der Waals surface area contributed by atoms with E-state index in [-0.39, 0.29) is 18.2 Å². The molecule has 27 heavy (non-hydrogen) atoms. The molecule has 0 aliphatic rings. The van der Waals surface area contributed by atoms with Crippen LogP contribution in [-0.2, 0) is 13.2 Å². The number of aromatic nitrogens is 3. The van der Waals surface area contributed by atoms with E-state index < -0.39 is 0 Å². The molecule has 7 nitrogen and oxygen atoms in total. The van der Waals surface area contributed by atoms with E-state index in [4.69, 9.17) is 21.1 Å². The Hall–Kier alpha value is -3.06. The highest BCUT2D eigenvalue weighted by Crippen LogP contribution is 2.29. The van der Waals surface area contributed by atoms with Crippen LogP contribution in [0.15, 0.2) is 42.5 Å². The van der Waals surface area contributed by atoms with Crippen LogP contribution in [0.4, 0.5) is 0 Å². The average Bonchev–Trinajstić information content (AvgIpc) is 3.14. The van der Waals surface area contributed by atoms with E-state index in [1.54, 1.807) is 31.4 Å². The molecule has 0 fully saturated rings. The first-order chi connectivity index (χ1) is 13.0. The normalized spacial score (nSPS) is 10.5. The second-order valence-corrected chi connectivity index (χ2v) is 6.22. The van der Waals surface area contributed by atoms with Crippen LogP contribution in [0.25, 0.3) is 0 Å². The van der Waals surface area contributed by atoms with Crippen LogP contribution in [0.3, 0.4) is 0 Å². The van der Waals surface area contributed by atoms with E-state index in [0.717, 1.165) is 11.4 Å². The SMILES string of the molecule is COc1ccc(OCc2cc(C(=O)NCc3cccc(C)n3)n[nH]2)c(Cl)c1. The first-order valence-corrected chi connectivity index (χ1v) is 8.64. The number of aryl methyl sites for hydroxylation is 1. The molecule has 1 aromatic carbocycles. The Morgan fingerprint density at radius 2 is 2.11 bits per heavy atom. The number of ether oxygens (including phenoxy) is 2. The smallest absolute Gasteiger partial charge is 0.272 e. The zero-order valence-corrected chi connectivity index (χ0v) is 15.7. The number of pyridine rings is 1. The number of methoxy groups -OCH3 is 1. The molecule has 0 spiro atoms. The van der Waals surface area contributed by atoms with Gasteiger partial charge in [0.15, 0.2) is 0 Å². The zero-order valence-electron chi connectivity index (χ0n) is 15.0. The van der Waals surface area contributed by atoms with Crippen molar-refractivity contribution in [1.82, 2.24) is 20.5 Å². The lowest BCUT2D eigenvalue weighted by Crippen LogP contribution is -2.23. The summed E-state index contributed by atoms with van der Waals surface area (Å²) in [7, 11) is 1.57. The fourth-order valence-electron chi connectivity index (χ4n) is 2.39. The third kappa shape index (κ3) is 4.98. The molecule has 0 bridgehead atoms. The number of aromatic amines is 1. The van der Waals surface area contributed by atoms with Crippen molar-refractivity contribution in [2.75, 3.05) is 7.11 Å². The zero-order chi connectivity index (χ0) is 19.2. The van der Waals surface area contributed by atoms with Gasteiger partial charge in [-0.05, 0) is 37.3 Å². The summed E-state index contributed by atoms with van der Waals surface area (Å²) >= 11 is 6.14. The Balaban J connectivity index is 1.55. The maximum absolute atomic E-state index is 12.2. The molecule has 0 radical (unpaired) electrons. The number of nitrogens with zero attached hydrogens (tertiary/aromatic N) is 2. The Morgan fingerprint density at radius 1 is 1.26 bits per heavy atom. The third-order valence-corrected chi connectivity index (χ3v) is 4.06. The van der Waals surface area contributed by atoms with Crippen LogP contribution in [0.2, 0.25) is 5.02 Å². The van der Waals surface area contributed by atoms with Gasteiger partial charge in [0.25, 0.3) is 5.91 Å². The van der Waals surface area contributed by atoms with E-state index >= 15 is 0 Å². The molecule has 3 rings (SSSR count). The summed E-state index contributed by atoms with van der Waals surface area (Å²) in [5.41, 5.74) is 2.62. The molecule has 0 atom stereocenters. The van der Waals surface area contributed by atoms with Crippen molar-refractivity contribution in [2.24, 2.45) is 0 Å². The monoisotopic (exact) mass is 386 g/mol. The minimum Gasteiger partial charge on any atom is -0.497 e. The number of hydrogen-bond donors (Lipinski definition) is 2. The van der Waals surface area contributed by atoms with Crippen molar-refractivity contribution in [1.29, 1.82) is 0 Å². The average molecular weight is 387 g/mol. The van der Waals surface area contributed by atoms with Crippen LogP contribution in [0.1, 0.15) is 27.6 Å². The van der Waals surface area contributed by atoms with Crippen LogP contribution in [-0.4, -0.2) is 28.2 Å². The van der Waals surface area contributed by atoms with E-state index in [1.807, 2.05) is 25.1 Å². The molecule has 0 aliphatic heterocycles. The van der Waals surface area contributed by atoms with Gasteiger partial charge in [-0.25, -0.2) is 0 Å². The van der Waals surface area contributed by atoms with Crippen LogP contribution in [0.5, 0.6) is 11.5 Å². The molecule has 2 heterocycles. The van der Waals surface area contributed by atoms with Crippen molar-refractivity contribution in [3.05, 3.63) is 70.3 Å². The van der Waals surface area contributed by atoms with Gasteiger partial charge in [0.05, 0.1) is 30.1 Å². The summed E-state index contributed by atoms with van der Waals surface area (Å²) in [6, 6.07) is 12.4. The highest BCUT2D eigenvalue weighted by Gasteiger charge is 2.12. The van der Waals surface area contributed by atoms with Crippen molar-refractivity contribution in [3.8, 4) is 11.5 Å². The standard InChI is InChI=1S/C19H19ClN4O3/c1-12-4-3-5-13(22-12)10-21-19(25)17-8-14(23-24-17)11-27-18-7-6-15(26-2)9-16(18)20/h3-9H,10-11H2,1-2H3,(H,21,25)(H,23,24). The number of carbonyl (C=O) groups excluding carboxylic acids is 1. The molecule has 0 unspecified atom stereocenters. The predicted molar refractivity (Wildman–Crippen MR) is 101 cm³/mol. The van der Waals surface area contributed by atoms with E-state index in [0.29, 0.717) is 28.8 Å². The number of hydrogen-bond acceptors (Lipinski definition) is 5. The quantitative estimate of drug-likeness (QED) is 0.650. The van der Waals surface area contributed by atoms with Crippen molar-refractivity contribution in [3.63, 3.8) is 0 Å². The second-order valence-electron chi connectivity index (χ2n) is 5.82. The molecule has 0 saturated carbocycles. The second kappa shape index (κ2) is 8.55. The van der Waals surface area contributed by atoms with E-state index in [1.165, 1.54) is 0 Å². The Kier molecular flexibility index (Phi) is 5.93. The van der Waals surface area contributed by atoms with Crippen LogP contribution in [0, 0.1) is 6.92 Å². The predicted octanol–water partition coefficient (Wildman–Crippen LogP) is 3.28. The summed E-state index contributed by atoms with van der Waals surface area (Å²) in [6.07, 6.45) is 0. The van der Waals surface area contributed by atoms with Gasteiger partial charge in [-0.3, -0.25) is 14.9 Å². The van der Waals surface area contributed by atoms with Crippen molar-refractivity contribution in [2.45, 2.75) is 20.1 Å². The van der Waals surface area contributed by atoms with Crippen LogP contribution >= 0.6 is 11.6 Å². The Labute approximate surface area is 161 Å². The molecule has 3 aromatic rings. The minimum absolute atomic E-state index is 0.200. The third-order valence-electron chi connectivity index (χ3n) is 3.76. The van der Waals surface area contributed by atoms with Gasteiger partial charge in [-0.15, -0.1) is 0 Å². The summed E-state index contributed by atoms with van der Waals surface area (Å²) < 4.78 is 10.8. The Bertz CT molecular complexity index is 942. The summed E-state index contributed by atoms with van der Waals surface area (Å²) in [5, 5.41) is 10.0. The van der Waals surface area contributed by atoms with Crippen molar-refractivity contribution >= 4 is 17.5 Å². The van der Waals surface area contributed by atoms with Gasteiger partial charge in [-0.1, -0.05) is 17.7 Å². The molecule has 140 valence electrons. The minimum atomic E-state index is -0.289. The topological polar surface area (TPSA) is 89.1 Å². The first-order valence-electron chi connectivity index (χ1n) is 8.26. The highest BCUT2D eigenvalue weighted by atomic mass is 35.5. The number of nitrogens with one attached hydrogen (secondary N) is 2. The largest absolute Gasteiger partial charge is 0.497 e. The number of H-pyrrole nitrogens is 1. The fourth-order valence-corrected chi connectivity index (χ4v) is 2.62.